The number of pyridine rings is 2. The molecule has 3 rings (SSSR count). The van der Waals surface area contributed by atoms with Crippen LogP contribution < -0.4 is 5.32 Å². The lowest BCUT2D eigenvalue weighted by atomic mass is 10.0. The largest absolute Gasteiger partial charge is 0.478 e. The second-order valence-electron chi connectivity index (χ2n) is 5.47. The molecule has 0 fully saturated rings. The third-order valence-electron chi connectivity index (χ3n) is 3.75. The van der Waals surface area contributed by atoms with E-state index in [1.54, 1.807) is 0 Å². The Kier molecular flexibility index (Phi) is 4.57. The van der Waals surface area contributed by atoms with Gasteiger partial charge in [-0.25, -0.2) is 9.59 Å². The van der Waals surface area contributed by atoms with E-state index < -0.39 is 18.0 Å². The molecular weight excluding hydrogens is 338 g/mol. The smallest absolute Gasteiger partial charge is 0.335 e. The second kappa shape index (κ2) is 6.98. The molecule has 0 aromatic carbocycles. The zero-order valence-electron chi connectivity index (χ0n) is 13.3. The molecule has 0 amide bonds. The van der Waals surface area contributed by atoms with E-state index >= 15 is 0 Å². The number of carbonyl (C=O) groups is 3. The number of carbonyl (C=O) groups excluding carboxylic acids is 1. The van der Waals surface area contributed by atoms with Gasteiger partial charge in [0, 0.05) is 18.0 Å². The molecule has 26 heavy (non-hydrogen) atoms. The molecule has 1 unspecified atom stereocenters. The number of nitrogens with zero attached hydrogens (tertiary/aromatic N) is 2. The van der Waals surface area contributed by atoms with Gasteiger partial charge < -0.3 is 15.5 Å². The number of hydrogen-bond acceptors (Lipinski definition) is 6. The number of aldehydes is 1. The normalized spacial score (nSPS) is 16.1. The predicted octanol–water partition coefficient (Wildman–Crippen LogP) is 1.68. The Hall–Kier alpha value is -3.81. The summed E-state index contributed by atoms with van der Waals surface area (Å²) in [5, 5.41) is 21.6. The number of nitrogens with one attached hydrogen (secondary N) is 1. The van der Waals surface area contributed by atoms with Gasteiger partial charge >= 0.3 is 11.9 Å². The van der Waals surface area contributed by atoms with E-state index in [9.17, 15) is 19.5 Å². The molecule has 8 heteroatoms. The van der Waals surface area contributed by atoms with Crippen LogP contribution in [0.4, 0.5) is 0 Å². The summed E-state index contributed by atoms with van der Waals surface area (Å²) in [6, 6.07) is 5.11. The average molecular weight is 351 g/mol. The molecule has 0 saturated heterocycles. The van der Waals surface area contributed by atoms with Gasteiger partial charge in [0.2, 0.25) is 0 Å². The van der Waals surface area contributed by atoms with E-state index in [-0.39, 0.29) is 11.1 Å². The van der Waals surface area contributed by atoms with Crippen LogP contribution in [0.15, 0.2) is 54.4 Å². The fraction of sp³-hybridized carbons (Fsp3) is 0.0556. The highest BCUT2D eigenvalue weighted by Gasteiger charge is 2.22. The summed E-state index contributed by atoms with van der Waals surface area (Å²) in [6.07, 6.45) is 6.29. The lowest BCUT2D eigenvalue weighted by molar-refractivity contribution is -0.132. The summed E-state index contributed by atoms with van der Waals surface area (Å²) in [4.78, 5) is 41.9. The van der Waals surface area contributed by atoms with Gasteiger partial charge in [-0.05, 0) is 36.4 Å². The standard InChI is InChI=1S/C18H13N3O5/c22-9-10-1-3-19-13(5-10)15-7-12(18(25)26)8-16(21-15)14-6-11(17(23)24)2-4-20-14/h1-9,16,21H,(H,23,24)(H,25,26). The van der Waals surface area contributed by atoms with Crippen LogP contribution in [0.5, 0.6) is 0 Å². The maximum atomic E-state index is 11.5. The first kappa shape index (κ1) is 17.0. The van der Waals surface area contributed by atoms with E-state index in [1.165, 1.54) is 48.8 Å². The van der Waals surface area contributed by atoms with Crippen LogP contribution in [0, 0.1) is 0 Å². The molecule has 0 aliphatic carbocycles. The molecule has 1 aliphatic heterocycles. The summed E-state index contributed by atoms with van der Waals surface area (Å²) >= 11 is 0. The SMILES string of the molecule is O=Cc1ccnc(C2=CC(C(=O)O)=CC(c3cc(C(=O)O)ccn3)N2)c1. The lowest BCUT2D eigenvalue weighted by Crippen LogP contribution is -2.25. The minimum absolute atomic E-state index is 0.00424. The summed E-state index contributed by atoms with van der Waals surface area (Å²) in [7, 11) is 0. The Labute approximate surface area is 147 Å². The Morgan fingerprint density at radius 1 is 1.08 bits per heavy atom. The molecule has 2 aromatic rings. The van der Waals surface area contributed by atoms with Crippen molar-refractivity contribution in [2.75, 3.05) is 0 Å². The maximum Gasteiger partial charge on any atom is 0.335 e. The quantitative estimate of drug-likeness (QED) is 0.694. The molecule has 1 aliphatic rings. The number of carboxylic acids is 2. The molecular formula is C18H13N3O5. The number of aromatic carboxylic acids is 1. The number of aliphatic carboxylic acids is 1. The van der Waals surface area contributed by atoms with Crippen molar-refractivity contribution in [2.45, 2.75) is 6.04 Å². The monoisotopic (exact) mass is 351 g/mol. The number of dihydropyridines is 1. The van der Waals surface area contributed by atoms with Gasteiger partial charge in [0.1, 0.15) is 6.29 Å². The van der Waals surface area contributed by atoms with E-state index in [0.29, 0.717) is 28.9 Å². The molecule has 3 heterocycles. The Bertz CT molecular complexity index is 965. The molecule has 0 radical (unpaired) electrons. The van der Waals surface area contributed by atoms with Crippen LogP contribution in [-0.2, 0) is 4.79 Å². The maximum absolute atomic E-state index is 11.5. The Morgan fingerprint density at radius 2 is 1.85 bits per heavy atom. The number of hydrogen-bond donors (Lipinski definition) is 3. The highest BCUT2D eigenvalue weighted by molar-refractivity contribution is 5.93. The molecule has 0 bridgehead atoms. The first-order chi connectivity index (χ1) is 12.5. The average Bonchev–Trinajstić information content (AvgIpc) is 2.67. The van der Waals surface area contributed by atoms with Crippen LogP contribution in [0.25, 0.3) is 5.70 Å². The first-order valence-corrected chi connectivity index (χ1v) is 7.52. The van der Waals surface area contributed by atoms with Crippen molar-refractivity contribution in [3.05, 3.63) is 76.9 Å². The summed E-state index contributed by atoms with van der Waals surface area (Å²) in [6.45, 7) is 0. The van der Waals surface area contributed by atoms with Crippen LogP contribution >= 0.6 is 0 Å². The van der Waals surface area contributed by atoms with Gasteiger partial charge in [0.25, 0.3) is 0 Å². The van der Waals surface area contributed by atoms with Crippen molar-refractivity contribution in [2.24, 2.45) is 0 Å². The minimum atomic E-state index is -1.14. The molecule has 8 nitrogen and oxygen atoms in total. The highest BCUT2D eigenvalue weighted by Crippen LogP contribution is 2.26. The summed E-state index contributed by atoms with van der Waals surface area (Å²) in [5.41, 5.74) is 1.57. The molecule has 3 N–H and O–H groups in total. The Morgan fingerprint density at radius 3 is 2.54 bits per heavy atom. The topological polar surface area (TPSA) is 129 Å². The van der Waals surface area contributed by atoms with Crippen LogP contribution in [-0.4, -0.2) is 38.4 Å². The predicted molar refractivity (Wildman–Crippen MR) is 90.4 cm³/mol. The summed E-state index contributed by atoms with van der Waals surface area (Å²) in [5.74, 6) is -2.25. The minimum Gasteiger partial charge on any atom is -0.478 e. The van der Waals surface area contributed by atoms with Crippen molar-refractivity contribution >= 4 is 23.9 Å². The lowest BCUT2D eigenvalue weighted by Gasteiger charge is -2.23. The molecule has 130 valence electrons. The molecule has 0 saturated carbocycles. The van der Waals surface area contributed by atoms with Crippen LogP contribution in [0.3, 0.4) is 0 Å². The van der Waals surface area contributed by atoms with Crippen LogP contribution in [0.1, 0.15) is 38.1 Å². The molecule has 0 spiro atoms. The summed E-state index contributed by atoms with van der Waals surface area (Å²) < 4.78 is 0. The van der Waals surface area contributed by atoms with Gasteiger partial charge in [-0.15, -0.1) is 0 Å². The van der Waals surface area contributed by atoms with Gasteiger partial charge in [-0.1, -0.05) is 0 Å². The third kappa shape index (κ3) is 3.48. The van der Waals surface area contributed by atoms with Crippen LogP contribution in [0.2, 0.25) is 0 Å². The van der Waals surface area contributed by atoms with Gasteiger partial charge in [-0.3, -0.25) is 14.8 Å². The van der Waals surface area contributed by atoms with E-state index in [0.717, 1.165) is 0 Å². The van der Waals surface area contributed by atoms with Crippen molar-refractivity contribution in [3.63, 3.8) is 0 Å². The van der Waals surface area contributed by atoms with E-state index in [1.807, 2.05) is 0 Å². The number of rotatable bonds is 5. The van der Waals surface area contributed by atoms with E-state index in [4.69, 9.17) is 5.11 Å². The van der Waals surface area contributed by atoms with Crippen molar-refractivity contribution in [3.8, 4) is 0 Å². The second-order valence-corrected chi connectivity index (χ2v) is 5.47. The van der Waals surface area contributed by atoms with Crippen molar-refractivity contribution in [1.29, 1.82) is 0 Å². The number of carboxylic acid groups (broad SMARTS) is 2. The highest BCUT2D eigenvalue weighted by atomic mass is 16.4. The Balaban J connectivity index is 2.02. The fourth-order valence-corrected chi connectivity index (χ4v) is 2.49. The molecule has 2 aromatic heterocycles. The third-order valence-corrected chi connectivity index (χ3v) is 3.75. The van der Waals surface area contributed by atoms with Gasteiger partial charge in [-0.2, -0.15) is 0 Å². The van der Waals surface area contributed by atoms with Gasteiger partial charge in [0.05, 0.1) is 34.3 Å². The molecule has 1 atom stereocenters. The van der Waals surface area contributed by atoms with Crippen molar-refractivity contribution in [1.82, 2.24) is 15.3 Å². The van der Waals surface area contributed by atoms with Crippen molar-refractivity contribution < 1.29 is 24.6 Å². The zero-order valence-corrected chi connectivity index (χ0v) is 13.3. The van der Waals surface area contributed by atoms with E-state index in [2.05, 4.69) is 15.3 Å². The van der Waals surface area contributed by atoms with Gasteiger partial charge in [0.15, 0.2) is 0 Å². The first-order valence-electron chi connectivity index (χ1n) is 7.52. The zero-order chi connectivity index (χ0) is 18.7. The number of aromatic nitrogens is 2. The fourth-order valence-electron chi connectivity index (χ4n) is 2.49.